The van der Waals surface area contributed by atoms with E-state index in [1.165, 1.54) is 0 Å². The molecule has 1 aromatic carbocycles. The van der Waals surface area contributed by atoms with Crippen molar-refractivity contribution in [3.05, 3.63) is 35.4 Å². The first-order chi connectivity index (χ1) is 10.4. The third-order valence-electron chi connectivity index (χ3n) is 3.98. The summed E-state index contributed by atoms with van der Waals surface area (Å²) in [6.07, 6.45) is 0.812. The van der Waals surface area contributed by atoms with Crippen LogP contribution >= 0.6 is 0 Å². The number of carbonyl (C=O) groups excluding carboxylic acids is 1. The number of rotatable bonds is 6. The third-order valence-corrected chi connectivity index (χ3v) is 5.73. The van der Waals surface area contributed by atoms with Crippen molar-refractivity contribution in [3.8, 4) is 0 Å². The second-order valence-corrected chi connectivity index (χ2v) is 8.03. The fourth-order valence-electron chi connectivity index (χ4n) is 2.70. The molecule has 1 heterocycles. The Kier molecular flexibility index (Phi) is 5.58. The van der Waals surface area contributed by atoms with Gasteiger partial charge in [0.05, 0.1) is 24.5 Å². The lowest BCUT2D eigenvalue weighted by Crippen LogP contribution is -2.43. The summed E-state index contributed by atoms with van der Waals surface area (Å²) in [6, 6.07) is 7.60. The summed E-state index contributed by atoms with van der Waals surface area (Å²) in [5.74, 6) is 0.193. The fraction of sp³-hybridized carbons (Fsp3) is 0.562. The molecule has 0 aromatic heterocycles. The Labute approximate surface area is 132 Å². The van der Waals surface area contributed by atoms with Gasteiger partial charge in [0.15, 0.2) is 9.84 Å². The van der Waals surface area contributed by atoms with E-state index in [9.17, 15) is 13.2 Å². The number of carbonyl (C=O) groups is 1. The van der Waals surface area contributed by atoms with Crippen LogP contribution in [0, 0.1) is 6.92 Å². The summed E-state index contributed by atoms with van der Waals surface area (Å²) in [4.78, 5) is 14.3. The molecule has 1 saturated heterocycles. The van der Waals surface area contributed by atoms with Crippen molar-refractivity contribution in [2.45, 2.75) is 25.8 Å². The predicted octanol–water partition coefficient (Wildman–Crippen LogP) is 1.20. The molecule has 0 N–H and O–H groups in total. The Hall–Kier alpha value is -1.40. The molecule has 5 nitrogen and oxygen atoms in total. The first-order valence-electron chi connectivity index (χ1n) is 7.45. The van der Waals surface area contributed by atoms with Gasteiger partial charge in [0.25, 0.3) is 0 Å². The van der Waals surface area contributed by atoms with E-state index in [0.29, 0.717) is 26.0 Å². The zero-order chi connectivity index (χ0) is 16.2. The molecule has 0 radical (unpaired) electrons. The monoisotopic (exact) mass is 325 g/mol. The Morgan fingerprint density at radius 3 is 2.55 bits per heavy atom. The Morgan fingerprint density at radius 1 is 1.32 bits per heavy atom. The molecule has 122 valence electrons. The molecule has 1 atom stereocenters. The molecular formula is C16H23NO4S. The Balaban J connectivity index is 2.07. The Bertz CT molecular complexity index is 610. The van der Waals surface area contributed by atoms with Gasteiger partial charge in [-0.05, 0) is 18.9 Å². The zero-order valence-electron chi connectivity index (χ0n) is 13.1. The van der Waals surface area contributed by atoms with E-state index < -0.39 is 9.84 Å². The van der Waals surface area contributed by atoms with Gasteiger partial charge in [-0.25, -0.2) is 8.42 Å². The normalized spacial score (nSPS) is 20.0. The smallest absolute Gasteiger partial charge is 0.227 e. The largest absolute Gasteiger partial charge is 0.383 e. The fourth-order valence-corrected chi connectivity index (χ4v) is 4.43. The highest BCUT2D eigenvalue weighted by atomic mass is 32.2. The molecule has 0 bridgehead atoms. The number of hydrogen-bond donors (Lipinski definition) is 0. The number of aryl methyl sites for hydroxylation is 1. The second-order valence-electron chi connectivity index (χ2n) is 5.80. The molecule has 0 aliphatic carbocycles. The third kappa shape index (κ3) is 4.55. The van der Waals surface area contributed by atoms with Gasteiger partial charge in [0.1, 0.15) is 0 Å². The molecule has 1 fully saturated rings. The molecule has 0 saturated carbocycles. The summed E-state index contributed by atoms with van der Waals surface area (Å²) in [5.41, 5.74) is 2.09. The van der Waals surface area contributed by atoms with Crippen LogP contribution in [0.2, 0.25) is 0 Å². The van der Waals surface area contributed by atoms with Crippen LogP contribution in [0.1, 0.15) is 17.5 Å². The van der Waals surface area contributed by atoms with E-state index in [4.69, 9.17) is 4.74 Å². The van der Waals surface area contributed by atoms with E-state index in [-0.39, 0.29) is 23.5 Å². The molecule has 1 aliphatic rings. The van der Waals surface area contributed by atoms with Gasteiger partial charge in [-0.3, -0.25) is 4.79 Å². The highest BCUT2D eigenvalue weighted by molar-refractivity contribution is 7.91. The van der Waals surface area contributed by atoms with Crippen molar-refractivity contribution in [1.82, 2.24) is 4.90 Å². The average Bonchev–Trinajstić information content (AvgIpc) is 2.82. The number of amides is 1. The van der Waals surface area contributed by atoms with Crippen molar-refractivity contribution < 1.29 is 17.9 Å². The second kappa shape index (κ2) is 7.24. The van der Waals surface area contributed by atoms with E-state index >= 15 is 0 Å². The van der Waals surface area contributed by atoms with Crippen LogP contribution in [-0.2, 0) is 25.8 Å². The quantitative estimate of drug-likeness (QED) is 0.788. The molecule has 0 spiro atoms. The van der Waals surface area contributed by atoms with Gasteiger partial charge in [0, 0.05) is 19.7 Å². The molecule has 1 aliphatic heterocycles. The summed E-state index contributed by atoms with van der Waals surface area (Å²) < 4.78 is 28.4. The van der Waals surface area contributed by atoms with Crippen LogP contribution in [-0.4, -0.2) is 57.0 Å². The number of hydrogen-bond acceptors (Lipinski definition) is 4. The summed E-state index contributed by atoms with van der Waals surface area (Å²) >= 11 is 0. The Morgan fingerprint density at radius 2 is 2.00 bits per heavy atom. The van der Waals surface area contributed by atoms with Crippen LogP contribution in [0.3, 0.4) is 0 Å². The van der Waals surface area contributed by atoms with Gasteiger partial charge in [-0.2, -0.15) is 0 Å². The maximum atomic E-state index is 12.6. The van der Waals surface area contributed by atoms with Crippen LogP contribution in [0.25, 0.3) is 0 Å². The lowest BCUT2D eigenvalue weighted by molar-refractivity contribution is -0.133. The number of methoxy groups -OCH3 is 1. The first-order valence-corrected chi connectivity index (χ1v) is 9.28. The highest BCUT2D eigenvalue weighted by Crippen LogP contribution is 2.19. The van der Waals surface area contributed by atoms with Gasteiger partial charge >= 0.3 is 0 Å². The SMILES string of the molecule is COCCN(C(=O)Cc1ccc(C)cc1)C1CCS(=O)(=O)C1. The number of sulfone groups is 1. The molecule has 1 amide bonds. The van der Waals surface area contributed by atoms with Crippen molar-refractivity contribution in [3.63, 3.8) is 0 Å². The molecule has 6 heteroatoms. The van der Waals surface area contributed by atoms with E-state index in [1.54, 1.807) is 12.0 Å². The molecule has 1 aromatic rings. The topological polar surface area (TPSA) is 63.7 Å². The standard InChI is InChI=1S/C16H23NO4S/c1-13-3-5-14(6-4-13)11-16(18)17(8-9-21-2)15-7-10-22(19,20)12-15/h3-6,15H,7-12H2,1-2H3. The van der Waals surface area contributed by atoms with Crippen molar-refractivity contribution in [2.75, 3.05) is 31.8 Å². The van der Waals surface area contributed by atoms with Crippen molar-refractivity contribution in [1.29, 1.82) is 0 Å². The summed E-state index contributed by atoms with van der Waals surface area (Å²) in [6.45, 7) is 2.84. The molecule has 22 heavy (non-hydrogen) atoms. The predicted molar refractivity (Wildman–Crippen MR) is 85.5 cm³/mol. The van der Waals surface area contributed by atoms with Crippen LogP contribution < -0.4 is 0 Å². The van der Waals surface area contributed by atoms with Gasteiger partial charge in [-0.1, -0.05) is 29.8 Å². The average molecular weight is 325 g/mol. The number of ether oxygens (including phenoxy) is 1. The first kappa shape index (κ1) is 17.0. The number of benzene rings is 1. The molecular weight excluding hydrogens is 302 g/mol. The highest BCUT2D eigenvalue weighted by Gasteiger charge is 2.34. The molecule has 2 rings (SSSR count). The van der Waals surface area contributed by atoms with Crippen molar-refractivity contribution >= 4 is 15.7 Å². The maximum Gasteiger partial charge on any atom is 0.227 e. The number of nitrogens with zero attached hydrogens (tertiary/aromatic N) is 1. The minimum absolute atomic E-state index is 0.0389. The summed E-state index contributed by atoms with van der Waals surface area (Å²) in [5, 5.41) is 0. The van der Waals surface area contributed by atoms with Gasteiger partial charge in [0.2, 0.25) is 5.91 Å². The van der Waals surface area contributed by atoms with Gasteiger partial charge in [-0.15, -0.1) is 0 Å². The minimum atomic E-state index is -3.01. The zero-order valence-corrected chi connectivity index (χ0v) is 13.9. The minimum Gasteiger partial charge on any atom is -0.383 e. The van der Waals surface area contributed by atoms with Crippen LogP contribution in [0.5, 0.6) is 0 Å². The van der Waals surface area contributed by atoms with Crippen LogP contribution in [0.4, 0.5) is 0 Å². The van der Waals surface area contributed by atoms with Crippen LogP contribution in [0.15, 0.2) is 24.3 Å². The maximum absolute atomic E-state index is 12.6. The summed E-state index contributed by atoms with van der Waals surface area (Å²) in [7, 11) is -1.43. The van der Waals surface area contributed by atoms with E-state index in [2.05, 4.69) is 0 Å². The van der Waals surface area contributed by atoms with Crippen molar-refractivity contribution in [2.24, 2.45) is 0 Å². The lowest BCUT2D eigenvalue weighted by Gasteiger charge is -2.28. The molecule has 1 unspecified atom stereocenters. The van der Waals surface area contributed by atoms with E-state index in [1.807, 2.05) is 31.2 Å². The van der Waals surface area contributed by atoms with Gasteiger partial charge < -0.3 is 9.64 Å². The lowest BCUT2D eigenvalue weighted by atomic mass is 10.1. The van der Waals surface area contributed by atoms with E-state index in [0.717, 1.165) is 11.1 Å².